The molecular weight excluding hydrogens is 794 g/mol. The van der Waals surface area contributed by atoms with Gasteiger partial charge < -0.3 is 24.4 Å². The second-order valence-electron chi connectivity index (χ2n) is 16.0. The van der Waals surface area contributed by atoms with Gasteiger partial charge in [-0.05, 0) is 116 Å². The average molecular weight is 839 g/mol. The quantitative estimate of drug-likeness (QED) is 0.139. The van der Waals surface area contributed by atoms with E-state index in [1.807, 2.05) is 36.4 Å². The number of rotatable bonds is 10. The predicted octanol–water partition coefficient (Wildman–Crippen LogP) is 8.40. The van der Waals surface area contributed by atoms with Gasteiger partial charge in [0.25, 0.3) is 5.91 Å². The van der Waals surface area contributed by atoms with E-state index in [0.29, 0.717) is 65.3 Å². The van der Waals surface area contributed by atoms with Crippen LogP contribution in [-0.4, -0.2) is 102 Å². The lowest BCUT2D eigenvalue weighted by atomic mass is 9.92. The molecule has 1 amide bonds. The maximum Gasteiger partial charge on any atom is 0.416 e. The number of amides is 1. The molecule has 2 saturated heterocycles. The number of nitrogens with zero attached hydrogens (tertiary/aromatic N) is 4. The van der Waals surface area contributed by atoms with Crippen molar-refractivity contribution in [3.05, 3.63) is 102 Å². The lowest BCUT2D eigenvalue weighted by molar-refractivity contribution is -0.137. The van der Waals surface area contributed by atoms with Crippen molar-refractivity contribution in [2.75, 3.05) is 57.3 Å². The third-order valence-corrected chi connectivity index (χ3v) is 13.5. The summed E-state index contributed by atoms with van der Waals surface area (Å²) >= 11 is 1.34. The van der Waals surface area contributed by atoms with Gasteiger partial charge >= 0.3 is 6.18 Å². The first kappa shape index (κ1) is 40.0. The van der Waals surface area contributed by atoms with E-state index in [9.17, 15) is 32.7 Å². The van der Waals surface area contributed by atoms with Crippen LogP contribution in [0.5, 0.6) is 23.0 Å². The molecule has 10 nitrogen and oxygen atoms in total. The SMILES string of the molecule is O=C1CCC(N2Cc3cc(N4CCN(C5CCN(CCOc6ccc(Oc7c(-c8ccc(C(F)(F)F)cc8)sc8cc(O)ccc78)cc6)CC5)CC4)ccc3C2=O)C(=O)C1. The van der Waals surface area contributed by atoms with Gasteiger partial charge in [-0.15, -0.1) is 11.3 Å². The van der Waals surface area contributed by atoms with Crippen LogP contribution in [-0.2, 0) is 22.3 Å². The zero-order valence-corrected chi connectivity index (χ0v) is 33.8. The van der Waals surface area contributed by atoms with Crippen LogP contribution in [0.15, 0.2) is 84.9 Å². The Labute approximate surface area is 349 Å². The van der Waals surface area contributed by atoms with Crippen molar-refractivity contribution in [1.29, 1.82) is 0 Å². The number of phenolic OH excluding ortho intramolecular Hbond substituents is 1. The molecule has 1 atom stereocenters. The summed E-state index contributed by atoms with van der Waals surface area (Å²) in [6.07, 6.45) is -1.55. The number of ether oxygens (including phenoxy) is 2. The molecule has 1 unspecified atom stereocenters. The largest absolute Gasteiger partial charge is 0.508 e. The molecule has 0 radical (unpaired) electrons. The first-order valence-electron chi connectivity index (χ1n) is 20.5. The fourth-order valence-electron chi connectivity index (χ4n) is 9.00. The monoisotopic (exact) mass is 838 g/mol. The third-order valence-electron chi connectivity index (χ3n) is 12.3. The molecule has 1 aliphatic carbocycles. The average Bonchev–Trinajstić information content (AvgIpc) is 3.77. The fraction of sp³-hybridized carbons (Fsp3) is 0.370. The summed E-state index contributed by atoms with van der Waals surface area (Å²) < 4.78 is 52.9. The highest BCUT2D eigenvalue weighted by Crippen LogP contribution is 2.47. The van der Waals surface area contributed by atoms with Crippen LogP contribution >= 0.6 is 11.3 Å². The van der Waals surface area contributed by atoms with E-state index in [0.717, 1.165) is 92.1 Å². The van der Waals surface area contributed by atoms with Gasteiger partial charge in [0.05, 0.1) is 22.9 Å². The van der Waals surface area contributed by atoms with Crippen molar-refractivity contribution in [2.24, 2.45) is 0 Å². The van der Waals surface area contributed by atoms with Gasteiger partial charge in [0.2, 0.25) is 0 Å². The number of halogens is 3. The summed E-state index contributed by atoms with van der Waals surface area (Å²) in [5.41, 5.74) is 2.58. The minimum Gasteiger partial charge on any atom is -0.508 e. The van der Waals surface area contributed by atoms with Crippen molar-refractivity contribution in [2.45, 2.75) is 56.9 Å². The molecule has 4 heterocycles. The molecule has 5 aromatic rings. The summed E-state index contributed by atoms with van der Waals surface area (Å²) in [6.45, 7) is 7.54. The minimum absolute atomic E-state index is 0.0400. The number of anilines is 1. The number of ketones is 2. The van der Waals surface area contributed by atoms with E-state index in [-0.39, 0.29) is 29.6 Å². The molecular formula is C46H45F3N4O6S. The smallest absolute Gasteiger partial charge is 0.416 e. The Morgan fingerprint density at radius 3 is 2.25 bits per heavy atom. The number of benzene rings is 4. The molecule has 60 heavy (non-hydrogen) atoms. The molecule has 4 aliphatic rings. The van der Waals surface area contributed by atoms with Crippen LogP contribution < -0.4 is 14.4 Å². The molecule has 3 aliphatic heterocycles. The maximum atomic E-state index is 13.2. The van der Waals surface area contributed by atoms with Gasteiger partial charge in [-0.3, -0.25) is 24.2 Å². The zero-order chi connectivity index (χ0) is 41.5. The number of hydrogen-bond acceptors (Lipinski definition) is 10. The van der Waals surface area contributed by atoms with Crippen molar-refractivity contribution in [3.8, 4) is 33.4 Å². The molecule has 4 aromatic carbocycles. The number of aromatic hydroxyl groups is 1. The highest BCUT2D eigenvalue weighted by molar-refractivity contribution is 7.22. The summed E-state index contributed by atoms with van der Waals surface area (Å²) in [5, 5.41) is 10.8. The molecule has 9 rings (SSSR count). The number of hydrogen-bond donors (Lipinski definition) is 1. The van der Waals surface area contributed by atoms with E-state index >= 15 is 0 Å². The predicted molar refractivity (Wildman–Crippen MR) is 223 cm³/mol. The number of thiophene rings is 1. The summed E-state index contributed by atoms with van der Waals surface area (Å²) in [7, 11) is 0. The van der Waals surface area contributed by atoms with Gasteiger partial charge in [-0.25, -0.2) is 0 Å². The molecule has 1 aromatic heterocycles. The van der Waals surface area contributed by atoms with Crippen LogP contribution in [0.1, 0.15) is 53.6 Å². The van der Waals surface area contributed by atoms with Crippen LogP contribution in [0.4, 0.5) is 18.9 Å². The summed E-state index contributed by atoms with van der Waals surface area (Å²) in [4.78, 5) is 47.2. The maximum absolute atomic E-state index is 13.2. The summed E-state index contributed by atoms with van der Waals surface area (Å²) in [6, 6.07) is 23.3. The van der Waals surface area contributed by atoms with E-state index in [4.69, 9.17) is 9.47 Å². The van der Waals surface area contributed by atoms with Crippen molar-refractivity contribution < 1.29 is 42.1 Å². The van der Waals surface area contributed by atoms with Crippen LogP contribution in [0.25, 0.3) is 20.5 Å². The third kappa shape index (κ3) is 8.32. The molecule has 0 spiro atoms. The van der Waals surface area contributed by atoms with E-state index in [2.05, 4.69) is 20.8 Å². The van der Waals surface area contributed by atoms with Crippen LogP contribution in [0.2, 0.25) is 0 Å². The minimum atomic E-state index is -4.43. The summed E-state index contributed by atoms with van der Waals surface area (Å²) in [5.74, 6) is 1.56. The number of Topliss-reactive ketones (excluding diaryl/α,β-unsaturated/α-hetero) is 2. The molecule has 0 bridgehead atoms. The fourth-order valence-corrected chi connectivity index (χ4v) is 10.2. The van der Waals surface area contributed by atoms with Crippen molar-refractivity contribution >= 4 is 44.6 Å². The first-order valence-corrected chi connectivity index (χ1v) is 21.3. The van der Waals surface area contributed by atoms with Crippen LogP contribution in [0, 0.1) is 0 Å². The number of piperazine rings is 1. The highest BCUT2D eigenvalue weighted by Gasteiger charge is 2.39. The highest BCUT2D eigenvalue weighted by atomic mass is 32.1. The number of piperidine rings is 1. The van der Waals surface area contributed by atoms with Crippen LogP contribution in [0.3, 0.4) is 0 Å². The molecule has 14 heteroatoms. The normalized spacial score (nSPS) is 19.6. The van der Waals surface area contributed by atoms with E-state index in [1.54, 1.807) is 23.1 Å². The van der Waals surface area contributed by atoms with Gasteiger partial charge in [0.15, 0.2) is 11.5 Å². The number of alkyl halides is 3. The van der Waals surface area contributed by atoms with Crippen molar-refractivity contribution in [3.63, 3.8) is 0 Å². The standard InChI is InChI=1S/C46H45F3N4O6S/c47-46(48,49)31-3-1-29(2-4-31)44-43(39-13-6-35(55)27-42(39)60-44)59-37-10-8-36(9-11-37)58-24-23-50-17-15-32(16-18-50)51-19-21-52(22-20-51)33-5-12-38-30(25-33)28-53(45(38)57)40-14-7-34(54)26-41(40)56/h1-6,8-13,25,27,32,40,55H,7,14-24,26,28H2. The Morgan fingerprint density at radius 2 is 1.53 bits per heavy atom. The molecule has 3 fully saturated rings. The number of fused-ring (bicyclic) bond motifs is 2. The lowest BCUT2D eigenvalue weighted by Gasteiger charge is -2.43. The van der Waals surface area contributed by atoms with Crippen molar-refractivity contribution in [1.82, 2.24) is 14.7 Å². The van der Waals surface area contributed by atoms with Gasteiger partial charge in [0.1, 0.15) is 29.6 Å². The van der Waals surface area contributed by atoms with E-state index < -0.39 is 17.8 Å². The Balaban J connectivity index is 0.731. The molecule has 1 N–H and O–H groups in total. The number of carbonyl (C=O) groups excluding carboxylic acids is 3. The number of carbonyl (C=O) groups is 3. The zero-order valence-electron chi connectivity index (χ0n) is 33.0. The van der Waals surface area contributed by atoms with Gasteiger partial charge in [0, 0.05) is 73.1 Å². The second-order valence-corrected chi connectivity index (χ2v) is 17.1. The molecule has 312 valence electrons. The number of likely N-dealkylation sites (tertiary alicyclic amines) is 1. The topological polar surface area (TPSA) is 103 Å². The Kier molecular flexibility index (Phi) is 11.0. The van der Waals surface area contributed by atoms with Gasteiger partial charge in [-0.1, -0.05) is 12.1 Å². The van der Waals surface area contributed by atoms with Gasteiger partial charge in [-0.2, -0.15) is 13.2 Å². The number of phenols is 1. The lowest BCUT2D eigenvalue weighted by Crippen LogP contribution is -2.53. The molecule has 1 saturated carbocycles. The first-order chi connectivity index (χ1) is 29.0. The Hall–Kier alpha value is -5.44. The second kappa shape index (κ2) is 16.5. The van der Waals surface area contributed by atoms with E-state index in [1.165, 1.54) is 23.5 Å². The Morgan fingerprint density at radius 1 is 0.800 bits per heavy atom. The Bertz CT molecular complexity index is 2400.